The molecule has 0 aromatic heterocycles. The Morgan fingerprint density at radius 1 is 0.655 bits per heavy atom. The molecular weight excluding hydrogens is 416 g/mol. The summed E-state index contributed by atoms with van der Waals surface area (Å²) >= 11 is 3.69. The molecule has 0 atom stereocenters. The lowest BCUT2D eigenvalue weighted by atomic mass is 9.43. The molecule has 5 aliphatic rings. The molecule has 4 saturated carbocycles. The van der Waals surface area contributed by atoms with Crippen molar-refractivity contribution in [3.05, 3.63) is 82.3 Å². The summed E-state index contributed by atoms with van der Waals surface area (Å²) in [4.78, 5) is 0. The Labute approximate surface area is 181 Å². The minimum Gasteiger partial charge on any atom is -0.0619 e. The van der Waals surface area contributed by atoms with Crippen LogP contribution < -0.4 is 0 Å². The first-order valence-corrected chi connectivity index (χ1v) is 12.0. The Morgan fingerprint density at radius 2 is 1.31 bits per heavy atom. The second kappa shape index (κ2) is 5.85. The third-order valence-corrected chi connectivity index (χ3v) is 9.21. The molecule has 0 nitrogen and oxygen atoms in total. The van der Waals surface area contributed by atoms with E-state index < -0.39 is 0 Å². The molecule has 0 saturated heterocycles. The maximum absolute atomic E-state index is 3.69. The number of benzene rings is 3. The first-order valence-electron chi connectivity index (χ1n) is 11.2. The van der Waals surface area contributed by atoms with Crippen molar-refractivity contribution in [2.45, 2.75) is 37.5 Å². The van der Waals surface area contributed by atoms with Crippen LogP contribution in [0.5, 0.6) is 0 Å². The summed E-state index contributed by atoms with van der Waals surface area (Å²) < 4.78 is 1.16. The molecule has 5 aliphatic carbocycles. The average Bonchev–Trinajstić information content (AvgIpc) is 3.03. The molecule has 0 amide bonds. The first kappa shape index (κ1) is 16.9. The van der Waals surface area contributed by atoms with Gasteiger partial charge in [0.2, 0.25) is 0 Å². The Morgan fingerprint density at radius 3 is 2.07 bits per heavy atom. The fraction of sp³-hybridized carbons (Fsp3) is 0.357. The van der Waals surface area contributed by atoms with E-state index in [4.69, 9.17) is 0 Å². The lowest BCUT2D eigenvalue weighted by Crippen LogP contribution is -2.55. The minimum absolute atomic E-state index is 0.265. The van der Waals surface area contributed by atoms with Gasteiger partial charge in [0.15, 0.2) is 0 Å². The van der Waals surface area contributed by atoms with Crippen molar-refractivity contribution in [1.82, 2.24) is 0 Å². The molecule has 1 heteroatoms. The summed E-state index contributed by atoms with van der Waals surface area (Å²) in [5, 5.41) is 0. The van der Waals surface area contributed by atoms with Crippen molar-refractivity contribution in [2.24, 2.45) is 23.7 Å². The number of hydrogen-bond donors (Lipinski definition) is 0. The average molecular weight is 441 g/mol. The third-order valence-electron chi connectivity index (χ3n) is 8.71. The molecular formula is C28H25Br. The van der Waals surface area contributed by atoms with Gasteiger partial charge in [-0.1, -0.05) is 70.5 Å². The quantitative estimate of drug-likeness (QED) is 0.361. The highest BCUT2D eigenvalue weighted by atomic mass is 79.9. The normalized spacial score (nSPS) is 33.1. The van der Waals surface area contributed by atoms with Gasteiger partial charge < -0.3 is 0 Å². The predicted molar refractivity (Wildman–Crippen MR) is 123 cm³/mol. The molecule has 3 aromatic carbocycles. The number of fused-ring (bicyclic) bond motifs is 3. The van der Waals surface area contributed by atoms with Crippen LogP contribution in [0, 0.1) is 23.7 Å². The highest BCUT2D eigenvalue weighted by Crippen LogP contribution is 2.69. The lowest BCUT2D eigenvalue weighted by Gasteiger charge is -2.61. The molecule has 0 radical (unpaired) electrons. The zero-order chi connectivity index (χ0) is 19.2. The fourth-order valence-corrected chi connectivity index (χ4v) is 8.50. The van der Waals surface area contributed by atoms with Gasteiger partial charge in [-0.05, 0) is 101 Å². The zero-order valence-corrected chi connectivity index (χ0v) is 18.2. The van der Waals surface area contributed by atoms with Gasteiger partial charge in [-0.25, -0.2) is 0 Å². The summed E-state index contributed by atoms with van der Waals surface area (Å²) in [7, 11) is 0. The Bertz CT molecular complexity index is 1110. The van der Waals surface area contributed by atoms with Crippen molar-refractivity contribution < 1.29 is 0 Å². The second-order valence-electron chi connectivity index (χ2n) is 9.96. The van der Waals surface area contributed by atoms with E-state index in [9.17, 15) is 0 Å². The molecule has 4 bridgehead atoms. The summed E-state index contributed by atoms with van der Waals surface area (Å²) in [6.45, 7) is 0. The Balaban J connectivity index is 1.54. The van der Waals surface area contributed by atoms with Crippen LogP contribution in [0.2, 0.25) is 0 Å². The van der Waals surface area contributed by atoms with E-state index in [1.165, 1.54) is 54.4 Å². The van der Waals surface area contributed by atoms with E-state index in [1.807, 2.05) is 0 Å². The molecule has 0 aliphatic heterocycles. The molecule has 4 fully saturated rings. The van der Waals surface area contributed by atoms with Crippen LogP contribution in [0.3, 0.4) is 0 Å². The van der Waals surface area contributed by atoms with Crippen molar-refractivity contribution in [2.75, 3.05) is 0 Å². The van der Waals surface area contributed by atoms with Gasteiger partial charge in [-0.15, -0.1) is 0 Å². The standard InChI is InChI=1S/C28H25Br/c29-22-6-3-5-19(16-22)23-8-4-10-26-27(23)24-7-1-2-9-25(24)28(26)20-12-17-11-18(14-20)15-21(28)13-17/h1-10,16-18,20-21H,11-15H2. The summed E-state index contributed by atoms with van der Waals surface area (Å²) in [6.07, 6.45) is 7.29. The molecule has 3 aromatic rings. The number of rotatable bonds is 1. The SMILES string of the molecule is Brc1cccc(-c2cccc3c2-c2ccccc2C32C3CC4CC(C3)CC2C4)c1. The van der Waals surface area contributed by atoms with Crippen LogP contribution in [0.1, 0.15) is 43.2 Å². The molecule has 0 unspecified atom stereocenters. The van der Waals surface area contributed by atoms with E-state index in [0.717, 1.165) is 28.1 Å². The van der Waals surface area contributed by atoms with Gasteiger partial charge in [-0.3, -0.25) is 0 Å². The van der Waals surface area contributed by atoms with Crippen molar-refractivity contribution in [1.29, 1.82) is 0 Å². The summed E-state index contributed by atoms with van der Waals surface area (Å²) in [5.74, 6) is 3.65. The van der Waals surface area contributed by atoms with Crippen molar-refractivity contribution in [3.63, 3.8) is 0 Å². The van der Waals surface area contributed by atoms with Gasteiger partial charge >= 0.3 is 0 Å². The lowest BCUT2D eigenvalue weighted by molar-refractivity contribution is -0.0399. The fourth-order valence-electron chi connectivity index (χ4n) is 8.10. The van der Waals surface area contributed by atoms with Gasteiger partial charge in [-0.2, -0.15) is 0 Å². The third kappa shape index (κ3) is 2.10. The monoisotopic (exact) mass is 440 g/mol. The van der Waals surface area contributed by atoms with Gasteiger partial charge in [0, 0.05) is 9.89 Å². The second-order valence-corrected chi connectivity index (χ2v) is 10.9. The van der Waals surface area contributed by atoms with Crippen LogP contribution in [-0.2, 0) is 5.41 Å². The van der Waals surface area contributed by atoms with E-state index in [1.54, 1.807) is 11.1 Å². The van der Waals surface area contributed by atoms with E-state index in [-0.39, 0.29) is 5.41 Å². The van der Waals surface area contributed by atoms with Crippen molar-refractivity contribution >= 4 is 15.9 Å². The minimum atomic E-state index is 0.265. The van der Waals surface area contributed by atoms with Crippen LogP contribution in [-0.4, -0.2) is 0 Å². The first-order chi connectivity index (χ1) is 14.2. The topological polar surface area (TPSA) is 0 Å². The zero-order valence-electron chi connectivity index (χ0n) is 16.6. The number of hydrogen-bond acceptors (Lipinski definition) is 0. The van der Waals surface area contributed by atoms with Gasteiger partial charge in [0.05, 0.1) is 0 Å². The van der Waals surface area contributed by atoms with Crippen LogP contribution in [0.4, 0.5) is 0 Å². The van der Waals surface area contributed by atoms with E-state index in [2.05, 4.69) is 82.7 Å². The Hall–Kier alpha value is -1.86. The Kier molecular flexibility index (Phi) is 3.41. The van der Waals surface area contributed by atoms with E-state index in [0.29, 0.717) is 0 Å². The van der Waals surface area contributed by atoms with E-state index >= 15 is 0 Å². The summed E-state index contributed by atoms with van der Waals surface area (Å²) in [6, 6.07) is 25.4. The highest BCUT2D eigenvalue weighted by molar-refractivity contribution is 9.10. The van der Waals surface area contributed by atoms with Crippen LogP contribution in [0.15, 0.2) is 71.2 Å². The molecule has 1 spiro atoms. The van der Waals surface area contributed by atoms with Gasteiger partial charge in [0.1, 0.15) is 0 Å². The largest absolute Gasteiger partial charge is 0.0619 e. The molecule has 0 heterocycles. The predicted octanol–water partition coefficient (Wildman–Crippen LogP) is 7.84. The molecule has 29 heavy (non-hydrogen) atoms. The molecule has 144 valence electrons. The van der Waals surface area contributed by atoms with Gasteiger partial charge in [0.25, 0.3) is 0 Å². The van der Waals surface area contributed by atoms with Crippen molar-refractivity contribution in [3.8, 4) is 22.3 Å². The molecule has 8 rings (SSSR count). The maximum Gasteiger partial charge on any atom is 0.0272 e. The van der Waals surface area contributed by atoms with Crippen LogP contribution >= 0.6 is 15.9 Å². The summed E-state index contributed by atoms with van der Waals surface area (Å²) in [5.41, 5.74) is 9.31. The van der Waals surface area contributed by atoms with Crippen LogP contribution in [0.25, 0.3) is 22.3 Å². The highest BCUT2D eigenvalue weighted by Gasteiger charge is 2.61. The molecule has 0 N–H and O–H groups in total. The maximum atomic E-state index is 3.69. The smallest absolute Gasteiger partial charge is 0.0272 e. The number of halogens is 1.